The molecular weight excluding hydrogens is 542 g/mol. The fourth-order valence-electron chi connectivity index (χ4n) is 5.14. The van der Waals surface area contributed by atoms with Gasteiger partial charge in [-0.3, -0.25) is 4.68 Å². The number of halogens is 6. The molecule has 1 saturated carbocycles. The van der Waals surface area contributed by atoms with Gasteiger partial charge < -0.3 is 0 Å². The van der Waals surface area contributed by atoms with Crippen molar-refractivity contribution < 1.29 is 34.8 Å². The average molecular weight is 573 g/mol. The normalized spacial score (nSPS) is 16.4. The molecule has 212 valence electrons. The number of hydrogen-bond donors (Lipinski definition) is 0. The Labute approximate surface area is 224 Å². The summed E-state index contributed by atoms with van der Waals surface area (Å²) in [5.41, 5.74) is -1.01. The highest BCUT2D eigenvalue weighted by molar-refractivity contribution is 7.91. The first-order chi connectivity index (χ1) is 18.0. The molecule has 4 nitrogen and oxygen atoms in total. The minimum absolute atomic E-state index is 0.0579. The zero-order chi connectivity index (χ0) is 28.9. The van der Waals surface area contributed by atoms with Crippen LogP contribution in [0.3, 0.4) is 0 Å². The van der Waals surface area contributed by atoms with Gasteiger partial charge in [0.25, 0.3) is 0 Å². The van der Waals surface area contributed by atoms with Gasteiger partial charge >= 0.3 is 6.18 Å². The number of aromatic nitrogens is 2. The van der Waals surface area contributed by atoms with E-state index in [4.69, 9.17) is 0 Å². The predicted molar refractivity (Wildman–Crippen MR) is 135 cm³/mol. The Morgan fingerprint density at radius 2 is 1.56 bits per heavy atom. The third-order valence-electron chi connectivity index (χ3n) is 7.19. The summed E-state index contributed by atoms with van der Waals surface area (Å²) < 4.78 is 110. The molecule has 2 unspecified atom stereocenters. The summed E-state index contributed by atoms with van der Waals surface area (Å²) in [5, 5.41) is 4.47. The van der Waals surface area contributed by atoms with Gasteiger partial charge in [-0.2, -0.15) is 18.3 Å². The molecule has 0 spiro atoms. The van der Waals surface area contributed by atoms with Gasteiger partial charge in [-0.15, -0.1) is 0 Å². The minimum Gasteiger partial charge on any atom is -0.259 e. The average Bonchev–Trinajstić information content (AvgIpc) is 3.57. The van der Waals surface area contributed by atoms with Crippen LogP contribution >= 0.6 is 0 Å². The first-order valence-electron chi connectivity index (χ1n) is 12.7. The molecule has 1 aliphatic rings. The van der Waals surface area contributed by atoms with Crippen LogP contribution in [0, 0.1) is 29.3 Å². The SMILES string of the molecule is CCC(CS(=O)(=O)c1ccc(C(F)(F)F)cc1)C(c1cnn(C(C)(C)C)c1-c1cc(F)c(F)cc1F)C1CC1. The molecule has 2 atom stereocenters. The fraction of sp³-hybridized carbons (Fsp3) is 0.464. The zero-order valence-electron chi connectivity index (χ0n) is 22.0. The molecule has 1 aliphatic carbocycles. The van der Waals surface area contributed by atoms with E-state index in [1.165, 1.54) is 10.9 Å². The van der Waals surface area contributed by atoms with Crippen LogP contribution in [-0.2, 0) is 21.6 Å². The molecule has 11 heteroatoms. The minimum atomic E-state index is -4.59. The second-order valence-corrected chi connectivity index (χ2v) is 13.1. The fourth-order valence-corrected chi connectivity index (χ4v) is 6.89. The number of benzene rings is 2. The maximum atomic E-state index is 15.1. The number of nitrogens with zero attached hydrogens (tertiary/aromatic N) is 2. The molecule has 0 radical (unpaired) electrons. The van der Waals surface area contributed by atoms with E-state index >= 15 is 4.39 Å². The summed E-state index contributed by atoms with van der Waals surface area (Å²) in [6.45, 7) is 7.28. The van der Waals surface area contributed by atoms with Gasteiger partial charge in [0.2, 0.25) is 0 Å². The quantitative estimate of drug-likeness (QED) is 0.205. The van der Waals surface area contributed by atoms with E-state index in [1.807, 2.05) is 27.7 Å². The summed E-state index contributed by atoms with van der Waals surface area (Å²) in [6.07, 6.45) is -1.06. The molecule has 1 fully saturated rings. The van der Waals surface area contributed by atoms with Gasteiger partial charge in [0.15, 0.2) is 21.5 Å². The van der Waals surface area contributed by atoms with E-state index in [2.05, 4.69) is 5.10 Å². The highest BCUT2D eigenvalue weighted by Gasteiger charge is 2.42. The molecule has 0 amide bonds. The van der Waals surface area contributed by atoms with Crippen LogP contribution in [0.25, 0.3) is 11.3 Å². The van der Waals surface area contributed by atoms with E-state index < -0.39 is 56.4 Å². The number of hydrogen-bond acceptors (Lipinski definition) is 3. The lowest BCUT2D eigenvalue weighted by molar-refractivity contribution is -0.137. The van der Waals surface area contributed by atoms with Crippen LogP contribution in [0.15, 0.2) is 47.5 Å². The van der Waals surface area contributed by atoms with Crippen LogP contribution in [0.5, 0.6) is 0 Å². The Morgan fingerprint density at radius 3 is 2.08 bits per heavy atom. The van der Waals surface area contributed by atoms with Crippen LogP contribution in [-0.4, -0.2) is 24.0 Å². The number of alkyl halides is 3. The van der Waals surface area contributed by atoms with Crippen molar-refractivity contribution in [2.45, 2.75) is 69.5 Å². The van der Waals surface area contributed by atoms with Crippen molar-refractivity contribution in [2.75, 3.05) is 5.75 Å². The van der Waals surface area contributed by atoms with Gasteiger partial charge in [-0.1, -0.05) is 13.3 Å². The summed E-state index contributed by atoms with van der Waals surface area (Å²) in [7, 11) is -3.99. The van der Waals surface area contributed by atoms with Gasteiger partial charge in [-0.25, -0.2) is 21.6 Å². The highest BCUT2D eigenvalue weighted by atomic mass is 32.2. The smallest absolute Gasteiger partial charge is 0.259 e. The second-order valence-electron chi connectivity index (χ2n) is 11.1. The Morgan fingerprint density at radius 1 is 0.974 bits per heavy atom. The monoisotopic (exact) mass is 572 g/mol. The third-order valence-corrected chi connectivity index (χ3v) is 9.05. The Kier molecular flexibility index (Phi) is 7.70. The molecule has 3 aromatic rings. The molecule has 1 heterocycles. The van der Waals surface area contributed by atoms with Gasteiger partial charge in [0.05, 0.1) is 33.6 Å². The molecule has 4 rings (SSSR count). The standard InChI is InChI=1S/C28H30F6N2O2S/c1-5-16(15-39(37,38)19-10-8-18(9-11-19)28(32,33)34)25(17-6-7-17)21-14-35-36(27(2,3)4)26(21)20-12-23(30)24(31)13-22(20)29/h8-14,16-17,25H,5-7,15H2,1-4H3. The molecule has 0 N–H and O–H groups in total. The molecule has 2 aromatic carbocycles. The molecule has 39 heavy (non-hydrogen) atoms. The summed E-state index contributed by atoms with van der Waals surface area (Å²) in [6, 6.07) is 4.66. The lowest BCUT2D eigenvalue weighted by Gasteiger charge is -2.29. The van der Waals surface area contributed by atoms with Crippen molar-refractivity contribution >= 4 is 9.84 Å². The Hall–Kier alpha value is -2.82. The Bertz CT molecular complexity index is 1450. The first kappa shape index (κ1) is 29.2. The maximum Gasteiger partial charge on any atom is 0.416 e. The molecule has 0 aliphatic heterocycles. The summed E-state index contributed by atoms with van der Waals surface area (Å²) >= 11 is 0. The van der Waals surface area contributed by atoms with Crippen molar-refractivity contribution in [3.63, 3.8) is 0 Å². The second kappa shape index (κ2) is 10.3. The maximum absolute atomic E-state index is 15.1. The van der Waals surface area contributed by atoms with Crippen molar-refractivity contribution in [3.8, 4) is 11.3 Å². The number of rotatable bonds is 8. The predicted octanol–water partition coefficient (Wildman–Crippen LogP) is 7.73. The molecule has 1 aromatic heterocycles. The van der Waals surface area contributed by atoms with Crippen molar-refractivity contribution in [1.82, 2.24) is 9.78 Å². The third kappa shape index (κ3) is 6.02. The molecule has 0 bridgehead atoms. The van der Waals surface area contributed by atoms with Gasteiger partial charge in [-0.05, 0) is 81.7 Å². The first-order valence-corrected chi connectivity index (χ1v) is 14.3. The Balaban J connectivity index is 1.79. The topological polar surface area (TPSA) is 52.0 Å². The van der Waals surface area contributed by atoms with E-state index in [-0.39, 0.29) is 27.8 Å². The summed E-state index contributed by atoms with van der Waals surface area (Å²) in [5.74, 6) is -4.71. The van der Waals surface area contributed by atoms with Crippen molar-refractivity contribution in [2.24, 2.45) is 11.8 Å². The van der Waals surface area contributed by atoms with E-state index in [0.717, 1.165) is 43.2 Å². The zero-order valence-corrected chi connectivity index (χ0v) is 22.8. The van der Waals surface area contributed by atoms with Crippen LogP contribution in [0.1, 0.15) is 64.0 Å². The van der Waals surface area contributed by atoms with E-state index in [0.29, 0.717) is 18.1 Å². The van der Waals surface area contributed by atoms with Crippen molar-refractivity contribution in [3.05, 3.63) is 71.2 Å². The highest BCUT2D eigenvalue weighted by Crippen LogP contribution is 2.51. The molecule has 0 saturated heterocycles. The van der Waals surface area contributed by atoms with Crippen LogP contribution in [0.4, 0.5) is 26.3 Å². The number of sulfone groups is 1. The van der Waals surface area contributed by atoms with Gasteiger partial charge in [0, 0.05) is 17.2 Å². The van der Waals surface area contributed by atoms with Crippen molar-refractivity contribution in [1.29, 1.82) is 0 Å². The van der Waals surface area contributed by atoms with Crippen LogP contribution < -0.4 is 0 Å². The lowest BCUT2D eigenvalue weighted by atomic mass is 9.80. The van der Waals surface area contributed by atoms with Crippen LogP contribution in [0.2, 0.25) is 0 Å². The largest absolute Gasteiger partial charge is 0.416 e. The summed E-state index contributed by atoms with van der Waals surface area (Å²) in [4.78, 5) is -0.222. The van der Waals surface area contributed by atoms with Gasteiger partial charge in [0.1, 0.15) is 5.82 Å². The van der Waals surface area contributed by atoms with E-state index in [9.17, 15) is 30.4 Å². The van der Waals surface area contributed by atoms with E-state index in [1.54, 1.807) is 0 Å². The molecular formula is C28H30F6N2O2S. The lowest BCUT2D eigenvalue weighted by Crippen LogP contribution is -2.26.